The van der Waals surface area contributed by atoms with Crippen molar-refractivity contribution in [3.63, 3.8) is 0 Å². The van der Waals surface area contributed by atoms with Gasteiger partial charge in [0.2, 0.25) is 0 Å². The van der Waals surface area contributed by atoms with Crippen molar-refractivity contribution < 1.29 is 19.1 Å². The zero-order valence-corrected chi connectivity index (χ0v) is 13.7. The molecule has 2 aliphatic heterocycles. The number of carbonyl (C=O) groups is 2. The average molecular weight is 325 g/mol. The van der Waals surface area contributed by atoms with E-state index in [-0.39, 0.29) is 31.1 Å². The summed E-state index contributed by atoms with van der Waals surface area (Å²) in [7, 11) is 0. The number of hydrogen-bond donors (Lipinski definition) is 0. The number of rotatable bonds is 3. The van der Waals surface area contributed by atoms with Crippen molar-refractivity contribution in [3.05, 3.63) is 71.2 Å². The van der Waals surface area contributed by atoms with Gasteiger partial charge in [0.05, 0.1) is 17.7 Å². The Balaban J connectivity index is 1.73. The molecule has 3 rings (SSSR count). The molecule has 1 atom stereocenters. The van der Waals surface area contributed by atoms with E-state index in [2.05, 4.69) is 0 Å². The number of fused-ring (bicyclic) bond motifs is 1. The fourth-order valence-corrected chi connectivity index (χ4v) is 2.75. The number of benzene rings is 1. The Morgan fingerprint density at radius 2 is 1.79 bits per heavy atom. The van der Waals surface area contributed by atoms with Crippen LogP contribution in [0.15, 0.2) is 60.1 Å². The van der Waals surface area contributed by atoms with Crippen LogP contribution >= 0.6 is 0 Å². The summed E-state index contributed by atoms with van der Waals surface area (Å²) >= 11 is 0. The summed E-state index contributed by atoms with van der Waals surface area (Å²) < 4.78 is 11.6. The van der Waals surface area contributed by atoms with Gasteiger partial charge in [0.25, 0.3) is 11.8 Å². The largest absolute Gasteiger partial charge is 0.486 e. The number of allylic oxidation sites excluding steroid dienone is 4. The fourth-order valence-electron chi connectivity index (χ4n) is 2.75. The van der Waals surface area contributed by atoms with Crippen LogP contribution in [0.5, 0.6) is 0 Å². The van der Waals surface area contributed by atoms with Crippen LogP contribution in [0.4, 0.5) is 0 Å². The SMILES string of the molecule is C\C=C/C=C1/OCC(CN2C(=O)c3ccccc3C2=O)O/C1=C/C. The van der Waals surface area contributed by atoms with Gasteiger partial charge in [-0.1, -0.05) is 24.3 Å². The molecule has 24 heavy (non-hydrogen) atoms. The predicted molar refractivity (Wildman–Crippen MR) is 89.3 cm³/mol. The number of nitrogens with zero attached hydrogens (tertiary/aromatic N) is 1. The minimum absolute atomic E-state index is 0.167. The molecule has 0 aliphatic carbocycles. The molecule has 2 aliphatic rings. The zero-order valence-electron chi connectivity index (χ0n) is 13.7. The van der Waals surface area contributed by atoms with E-state index in [1.54, 1.807) is 24.3 Å². The molecule has 5 nitrogen and oxygen atoms in total. The van der Waals surface area contributed by atoms with Crippen LogP contribution in [0.1, 0.15) is 34.6 Å². The minimum Gasteiger partial charge on any atom is -0.486 e. The van der Waals surface area contributed by atoms with Gasteiger partial charge in [-0.05, 0) is 38.1 Å². The average Bonchev–Trinajstić information content (AvgIpc) is 2.86. The normalized spacial score (nSPS) is 23.8. The van der Waals surface area contributed by atoms with Crippen molar-refractivity contribution in [2.24, 2.45) is 0 Å². The first-order chi connectivity index (χ1) is 11.7. The van der Waals surface area contributed by atoms with Crippen molar-refractivity contribution >= 4 is 11.8 Å². The van der Waals surface area contributed by atoms with Gasteiger partial charge in [-0.3, -0.25) is 14.5 Å². The number of amides is 2. The summed E-state index contributed by atoms with van der Waals surface area (Å²) in [6, 6.07) is 6.85. The number of carbonyl (C=O) groups excluding carboxylic acids is 2. The maximum absolute atomic E-state index is 12.4. The van der Waals surface area contributed by atoms with E-state index in [1.807, 2.05) is 38.2 Å². The van der Waals surface area contributed by atoms with E-state index in [1.165, 1.54) is 4.90 Å². The Morgan fingerprint density at radius 1 is 1.12 bits per heavy atom. The summed E-state index contributed by atoms with van der Waals surface area (Å²) in [5.41, 5.74) is 0.887. The Bertz CT molecular complexity index is 725. The standard InChI is InChI=1S/C19H19NO4/c1-3-5-10-17-16(4-2)24-13(12-23-17)11-20-18(21)14-8-6-7-9-15(14)19(20)22/h3-10,13H,11-12H2,1-2H3/b5-3-,16-4+,17-10+. The van der Waals surface area contributed by atoms with Crippen molar-refractivity contribution in [2.45, 2.75) is 20.0 Å². The van der Waals surface area contributed by atoms with Gasteiger partial charge in [-0.25, -0.2) is 0 Å². The monoisotopic (exact) mass is 325 g/mol. The lowest BCUT2D eigenvalue weighted by molar-refractivity contribution is -0.0186. The Hall–Kier alpha value is -2.82. The third-order valence-electron chi connectivity index (χ3n) is 3.93. The molecule has 0 aromatic heterocycles. The lowest BCUT2D eigenvalue weighted by Crippen LogP contribution is -2.41. The summed E-state index contributed by atoms with van der Waals surface area (Å²) in [6.45, 7) is 4.22. The topological polar surface area (TPSA) is 55.8 Å². The molecular formula is C19H19NO4. The molecule has 1 unspecified atom stereocenters. The van der Waals surface area contributed by atoms with Crippen LogP contribution < -0.4 is 0 Å². The van der Waals surface area contributed by atoms with Gasteiger partial charge in [0.15, 0.2) is 17.6 Å². The third kappa shape index (κ3) is 2.85. The highest BCUT2D eigenvalue weighted by Crippen LogP contribution is 2.26. The molecule has 5 heteroatoms. The zero-order chi connectivity index (χ0) is 17.1. The highest BCUT2D eigenvalue weighted by molar-refractivity contribution is 6.21. The van der Waals surface area contributed by atoms with Gasteiger partial charge in [0, 0.05) is 0 Å². The lowest BCUT2D eigenvalue weighted by Gasteiger charge is -2.30. The second-order valence-electron chi connectivity index (χ2n) is 5.53. The molecule has 0 N–H and O–H groups in total. The summed E-state index contributed by atoms with van der Waals surface area (Å²) in [4.78, 5) is 26.1. The first-order valence-electron chi connectivity index (χ1n) is 7.90. The smallest absolute Gasteiger partial charge is 0.261 e. The van der Waals surface area contributed by atoms with Gasteiger partial charge in [-0.2, -0.15) is 0 Å². The third-order valence-corrected chi connectivity index (χ3v) is 3.93. The molecular weight excluding hydrogens is 306 g/mol. The Kier molecular flexibility index (Phi) is 4.51. The molecule has 2 amide bonds. The molecule has 1 fully saturated rings. The Morgan fingerprint density at radius 3 is 2.38 bits per heavy atom. The van der Waals surface area contributed by atoms with E-state index in [9.17, 15) is 9.59 Å². The van der Waals surface area contributed by atoms with Crippen molar-refractivity contribution in [1.29, 1.82) is 0 Å². The highest BCUT2D eigenvalue weighted by Gasteiger charge is 2.38. The highest BCUT2D eigenvalue weighted by atomic mass is 16.6. The second-order valence-corrected chi connectivity index (χ2v) is 5.53. The molecule has 2 heterocycles. The summed E-state index contributed by atoms with van der Waals surface area (Å²) in [5, 5.41) is 0. The van der Waals surface area contributed by atoms with Crippen molar-refractivity contribution in [1.82, 2.24) is 4.90 Å². The quantitative estimate of drug-likeness (QED) is 0.802. The predicted octanol–water partition coefficient (Wildman–Crippen LogP) is 3.06. The van der Waals surface area contributed by atoms with E-state index in [4.69, 9.17) is 9.47 Å². The fraction of sp³-hybridized carbons (Fsp3) is 0.263. The van der Waals surface area contributed by atoms with E-state index < -0.39 is 0 Å². The van der Waals surface area contributed by atoms with Crippen LogP contribution in [0.2, 0.25) is 0 Å². The van der Waals surface area contributed by atoms with Gasteiger partial charge < -0.3 is 9.47 Å². The molecule has 0 radical (unpaired) electrons. The van der Waals surface area contributed by atoms with Crippen LogP contribution in [-0.4, -0.2) is 36.0 Å². The summed E-state index contributed by atoms with van der Waals surface area (Å²) in [5.74, 6) is 0.697. The molecule has 0 bridgehead atoms. The van der Waals surface area contributed by atoms with Crippen molar-refractivity contribution in [3.8, 4) is 0 Å². The molecule has 1 aromatic carbocycles. The molecule has 124 valence electrons. The van der Waals surface area contributed by atoms with Gasteiger partial charge >= 0.3 is 0 Å². The molecule has 0 saturated carbocycles. The maximum Gasteiger partial charge on any atom is 0.261 e. The van der Waals surface area contributed by atoms with Crippen LogP contribution in [0.25, 0.3) is 0 Å². The number of ether oxygens (including phenoxy) is 2. The molecule has 1 aromatic rings. The van der Waals surface area contributed by atoms with E-state index in [0.717, 1.165) is 0 Å². The van der Waals surface area contributed by atoms with Crippen LogP contribution in [-0.2, 0) is 9.47 Å². The first kappa shape index (κ1) is 16.1. The van der Waals surface area contributed by atoms with E-state index >= 15 is 0 Å². The van der Waals surface area contributed by atoms with E-state index in [0.29, 0.717) is 22.6 Å². The van der Waals surface area contributed by atoms with Gasteiger partial charge in [0.1, 0.15) is 6.61 Å². The second kappa shape index (κ2) is 6.74. The van der Waals surface area contributed by atoms with Crippen LogP contribution in [0.3, 0.4) is 0 Å². The lowest BCUT2D eigenvalue weighted by atomic mass is 10.1. The van der Waals surface area contributed by atoms with Gasteiger partial charge in [-0.15, -0.1) is 0 Å². The van der Waals surface area contributed by atoms with Crippen molar-refractivity contribution in [2.75, 3.05) is 13.2 Å². The molecule has 1 saturated heterocycles. The minimum atomic E-state index is -0.388. The Labute approximate surface area is 140 Å². The number of hydrogen-bond acceptors (Lipinski definition) is 4. The summed E-state index contributed by atoms with van der Waals surface area (Å²) in [6.07, 6.45) is 7.01. The van der Waals surface area contributed by atoms with Crippen LogP contribution in [0, 0.1) is 0 Å². The molecule has 0 spiro atoms. The number of imide groups is 1. The first-order valence-corrected chi connectivity index (χ1v) is 7.90. The maximum atomic E-state index is 12.4.